The summed E-state index contributed by atoms with van der Waals surface area (Å²) in [6.07, 6.45) is 0. The predicted octanol–water partition coefficient (Wildman–Crippen LogP) is 2.13. The second-order valence-corrected chi connectivity index (χ2v) is 5.88. The number of phenols is 1. The van der Waals surface area contributed by atoms with Gasteiger partial charge in [0.15, 0.2) is 16.6 Å². The van der Waals surface area contributed by atoms with Crippen LogP contribution < -0.4 is 15.4 Å². The van der Waals surface area contributed by atoms with Gasteiger partial charge in [0.2, 0.25) is 0 Å². The van der Waals surface area contributed by atoms with Gasteiger partial charge in [0.1, 0.15) is 0 Å². The van der Waals surface area contributed by atoms with E-state index in [0.29, 0.717) is 26.4 Å². The molecule has 8 heteroatoms. The van der Waals surface area contributed by atoms with Crippen LogP contribution in [0, 0.1) is 0 Å². The fraction of sp³-hybridized carbons (Fsp3) is 0.286. The molecule has 1 aromatic carbocycles. The summed E-state index contributed by atoms with van der Waals surface area (Å²) in [7, 11) is 2.77. The largest absolute Gasteiger partial charge is 0.503 e. The zero-order chi connectivity index (χ0) is 16.4. The number of phenolic OH excluding ortho intramolecular Hbond substituents is 1. The van der Waals surface area contributed by atoms with Crippen molar-refractivity contribution < 1.29 is 19.4 Å². The molecular formula is C14H15BrN2O4S. The van der Waals surface area contributed by atoms with Crippen LogP contribution in [0.1, 0.15) is 18.5 Å². The number of benzene rings is 1. The number of nitrogens with one attached hydrogen (secondary N) is 2. The molecule has 1 atom stereocenters. The van der Waals surface area contributed by atoms with Crippen LogP contribution in [0.25, 0.3) is 0 Å². The van der Waals surface area contributed by atoms with Gasteiger partial charge in [0.05, 0.1) is 30.3 Å². The quantitative estimate of drug-likeness (QED) is 0.542. The summed E-state index contributed by atoms with van der Waals surface area (Å²) in [5.74, 6) is -0.186. The summed E-state index contributed by atoms with van der Waals surface area (Å²) in [4.78, 5) is 12.1. The molecule has 1 aliphatic heterocycles. The minimum Gasteiger partial charge on any atom is -0.503 e. The van der Waals surface area contributed by atoms with Gasteiger partial charge in [-0.3, -0.25) is 0 Å². The van der Waals surface area contributed by atoms with Gasteiger partial charge < -0.3 is 25.2 Å². The fourth-order valence-corrected chi connectivity index (χ4v) is 2.97. The Labute approximate surface area is 141 Å². The van der Waals surface area contributed by atoms with Crippen LogP contribution in [-0.2, 0) is 9.53 Å². The number of esters is 1. The van der Waals surface area contributed by atoms with Crippen molar-refractivity contribution in [3.63, 3.8) is 0 Å². The van der Waals surface area contributed by atoms with Crippen LogP contribution in [0.5, 0.6) is 11.5 Å². The molecule has 3 N–H and O–H groups in total. The van der Waals surface area contributed by atoms with Gasteiger partial charge in [-0.1, -0.05) is 0 Å². The number of hydrogen-bond donors (Lipinski definition) is 3. The molecule has 22 heavy (non-hydrogen) atoms. The highest BCUT2D eigenvalue weighted by Crippen LogP contribution is 2.39. The highest BCUT2D eigenvalue weighted by Gasteiger charge is 2.31. The minimum absolute atomic E-state index is 0.0110. The third kappa shape index (κ3) is 3.02. The average molecular weight is 387 g/mol. The van der Waals surface area contributed by atoms with Gasteiger partial charge in [0.25, 0.3) is 0 Å². The molecule has 0 fully saturated rings. The first kappa shape index (κ1) is 16.6. The third-order valence-corrected chi connectivity index (χ3v) is 4.10. The van der Waals surface area contributed by atoms with E-state index < -0.39 is 12.0 Å². The zero-order valence-electron chi connectivity index (χ0n) is 12.2. The molecule has 0 radical (unpaired) electrons. The smallest absolute Gasteiger partial charge is 0.337 e. The van der Waals surface area contributed by atoms with E-state index in [-0.39, 0.29) is 11.5 Å². The summed E-state index contributed by atoms with van der Waals surface area (Å²) < 4.78 is 10.4. The molecule has 0 aromatic heterocycles. The number of halogens is 1. The third-order valence-electron chi connectivity index (χ3n) is 3.28. The summed E-state index contributed by atoms with van der Waals surface area (Å²) in [6, 6.07) is 2.83. The summed E-state index contributed by atoms with van der Waals surface area (Å²) in [5, 5.41) is 16.2. The zero-order valence-corrected chi connectivity index (χ0v) is 14.6. The lowest BCUT2D eigenvalue weighted by atomic mass is 9.95. The lowest BCUT2D eigenvalue weighted by Crippen LogP contribution is -2.45. The van der Waals surface area contributed by atoms with E-state index in [1.165, 1.54) is 14.2 Å². The Hall–Kier alpha value is -1.80. The molecule has 1 heterocycles. The van der Waals surface area contributed by atoms with E-state index >= 15 is 0 Å². The van der Waals surface area contributed by atoms with Crippen molar-refractivity contribution in [1.82, 2.24) is 10.6 Å². The van der Waals surface area contributed by atoms with Gasteiger partial charge in [-0.05, 0) is 52.8 Å². The summed E-state index contributed by atoms with van der Waals surface area (Å²) in [5.41, 5.74) is 1.73. The van der Waals surface area contributed by atoms with Gasteiger partial charge >= 0.3 is 5.97 Å². The number of thiocarbonyl (C=S) groups is 1. The van der Waals surface area contributed by atoms with Crippen molar-refractivity contribution in [2.45, 2.75) is 13.0 Å². The monoisotopic (exact) mass is 386 g/mol. The molecule has 0 aliphatic carbocycles. The molecule has 0 amide bonds. The van der Waals surface area contributed by atoms with Crippen LogP contribution in [-0.4, -0.2) is 30.4 Å². The fourth-order valence-electron chi connectivity index (χ4n) is 2.24. The SMILES string of the molecule is COC(=O)C1=C(C)NC(=S)NC1c1cc(Br)c(O)c(OC)c1. The molecule has 0 saturated heterocycles. The average Bonchev–Trinajstić information content (AvgIpc) is 2.48. The van der Waals surface area contributed by atoms with Crippen LogP contribution in [0.4, 0.5) is 0 Å². The molecular weight excluding hydrogens is 372 g/mol. The Morgan fingerprint density at radius 3 is 2.68 bits per heavy atom. The first-order valence-electron chi connectivity index (χ1n) is 6.32. The first-order valence-corrected chi connectivity index (χ1v) is 7.52. The van der Waals surface area contributed by atoms with E-state index in [2.05, 4.69) is 26.6 Å². The highest BCUT2D eigenvalue weighted by molar-refractivity contribution is 9.10. The van der Waals surface area contributed by atoms with Crippen LogP contribution in [0.2, 0.25) is 0 Å². The van der Waals surface area contributed by atoms with Crippen molar-refractivity contribution >= 4 is 39.2 Å². The second kappa shape index (κ2) is 6.53. The number of methoxy groups -OCH3 is 2. The lowest BCUT2D eigenvalue weighted by molar-refractivity contribution is -0.136. The maximum Gasteiger partial charge on any atom is 0.337 e. The Balaban J connectivity index is 2.58. The maximum atomic E-state index is 12.1. The molecule has 1 aromatic rings. The molecule has 1 unspecified atom stereocenters. The van der Waals surface area contributed by atoms with Gasteiger partial charge in [0, 0.05) is 5.70 Å². The Bertz CT molecular complexity index is 675. The number of allylic oxidation sites excluding steroid dienone is 1. The number of hydrogen-bond acceptors (Lipinski definition) is 5. The molecule has 0 saturated carbocycles. The van der Waals surface area contributed by atoms with Gasteiger partial charge in [-0.25, -0.2) is 4.79 Å². The molecule has 2 rings (SSSR count). The van der Waals surface area contributed by atoms with E-state index in [1.54, 1.807) is 19.1 Å². The minimum atomic E-state index is -0.507. The number of ether oxygens (including phenoxy) is 2. The topological polar surface area (TPSA) is 79.8 Å². The number of aromatic hydroxyl groups is 1. The van der Waals surface area contributed by atoms with Crippen molar-refractivity contribution in [1.29, 1.82) is 0 Å². The van der Waals surface area contributed by atoms with Crippen molar-refractivity contribution in [2.75, 3.05) is 14.2 Å². The lowest BCUT2D eigenvalue weighted by Gasteiger charge is -2.30. The highest BCUT2D eigenvalue weighted by atomic mass is 79.9. The van der Waals surface area contributed by atoms with E-state index in [1.807, 2.05) is 0 Å². The molecule has 118 valence electrons. The number of carbonyl (C=O) groups excluding carboxylic acids is 1. The summed E-state index contributed by atoms with van der Waals surface area (Å²) >= 11 is 8.42. The molecule has 0 bridgehead atoms. The van der Waals surface area contributed by atoms with Gasteiger partial charge in [-0.2, -0.15) is 0 Å². The van der Waals surface area contributed by atoms with E-state index in [0.717, 1.165) is 0 Å². The molecule has 1 aliphatic rings. The Morgan fingerprint density at radius 1 is 1.41 bits per heavy atom. The maximum absolute atomic E-state index is 12.1. The van der Waals surface area contributed by atoms with Crippen molar-refractivity contribution in [3.8, 4) is 11.5 Å². The van der Waals surface area contributed by atoms with Crippen LogP contribution in [0.15, 0.2) is 27.9 Å². The Morgan fingerprint density at radius 2 is 2.09 bits per heavy atom. The van der Waals surface area contributed by atoms with Gasteiger partial charge in [-0.15, -0.1) is 0 Å². The van der Waals surface area contributed by atoms with E-state index in [4.69, 9.17) is 21.7 Å². The van der Waals surface area contributed by atoms with E-state index in [9.17, 15) is 9.90 Å². The first-order chi connectivity index (χ1) is 10.4. The molecule has 6 nitrogen and oxygen atoms in total. The van der Waals surface area contributed by atoms with Crippen molar-refractivity contribution in [2.24, 2.45) is 0 Å². The van der Waals surface area contributed by atoms with Crippen molar-refractivity contribution in [3.05, 3.63) is 33.4 Å². The molecule has 0 spiro atoms. The standard InChI is InChI=1S/C14H15BrN2O4S/c1-6-10(13(19)21-3)11(17-14(22)16-6)7-4-8(15)12(18)9(5-7)20-2/h4-5,11,18H,1-3H3,(H2,16,17,22). The normalized spacial score (nSPS) is 17.6. The number of carbonyl (C=O) groups is 1. The Kier molecular flexibility index (Phi) is 4.92. The van der Waals surface area contributed by atoms with Crippen LogP contribution >= 0.6 is 28.1 Å². The second-order valence-electron chi connectivity index (χ2n) is 4.62. The predicted molar refractivity (Wildman–Crippen MR) is 88.7 cm³/mol. The number of rotatable bonds is 3. The van der Waals surface area contributed by atoms with Crippen LogP contribution in [0.3, 0.4) is 0 Å². The summed E-state index contributed by atoms with van der Waals surface area (Å²) in [6.45, 7) is 1.75.